The molecule has 0 spiro atoms. The molecule has 1 saturated heterocycles. The number of aromatic nitrogens is 2. The van der Waals surface area contributed by atoms with Crippen LogP contribution in [0.5, 0.6) is 0 Å². The van der Waals surface area contributed by atoms with Crippen molar-refractivity contribution < 1.29 is 9.60 Å². The van der Waals surface area contributed by atoms with Crippen LogP contribution in [0.15, 0.2) is 48.0 Å². The number of hydrogen-bond acceptors (Lipinski definition) is 5. The molecule has 1 aromatic carbocycles. The summed E-state index contributed by atoms with van der Waals surface area (Å²) in [5.74, 6) is 0.112. The standard InChI is InChI=1S/C17H19FN4O/c18-15-3-1-13(2-4-15)16(21-23)6-10-22-9-5-14(12-22)17-11-19-7-8-20-17/h1-4,7-8,11,14,23H,5-6,9-10,12H2/b21-16-. The lowest BCUT2D eigenvalue weighted by Crippen LogP contribution is -2.24. The molecule has 23 heavy (non-hydrogen) atoms. The molecule has 1 aliphatic rings. The van der Waals surface area contributed by atoms with E-state index in [0.29, 0.717) is 18.1 Å². The van der Waals surface area contributed by atoms with Gasteiger partial charge in [-0.1, -0.05) is 17.3 Å². The predicted molar refractivity (Wildman–Crippen MR) is 85.2 cm³/mol. The third kappa shape index (κ3) is 3.90. The minimum Gasteiger partial charge on any atom is -0.411 e. The van der Waals surface area contributed by atoms with Crippen LogP contribution in [0.25, 0.3) is 0 Å². The molecule has 0 amide bonds. The van der Waals surface area contributed by atoms with Crippen LogP contribution in [-0.2, 0) is 0 Å². The molecule has 0 saturated carbocycles. The Morgan fingerprint density at radius 1 is 1.30 bits per heavy atom. The summed E-state index contributed by atoms with van der Waals surface area (Å²) in [5.41, 5.74) is 2.36. The maximum atomic E-state index is 13.0. The van der Waals surface area contributed by atoms with Crippen molar-refractivity contribution in [2.24, 2.45) is 5.16 Å². The Kier molecular flexibility index (Phi) is 4.92. The van der Waals surface area contributed by atoms with Crippen molar-refractivity contribution in [2.75, 3.05) is 19.6 Å². The van der Waals surface area contributed by atoms with Crippen molar-refractivity contribution in [1.29, 1.82) is 0 Å². The molecule has 1 N–H and O–H groups in total. The highest BCUT2D eigenvalue weighted by Crippen LogP contribution is 2.25. The molecule has 2 heterocycles. The Hall–Kier alpha value is -2.34. The van der Waals surface area contributed by atoms with Crippen LogP contribution in [0.1, 0.15) is 30.0 Å². The quantitative estimate of drug-likeness (QED) is 0.523. The van der Waals surface area contributed by atoms with Gasteiger partial charge < -0.3 is 10.1 Å². The van der Waals surface area contributed by atoms with Gasteiger partial charge in [-0.3, -0.25) is 9.97 Å². The zero-order valence-corrected chi connectivity index (χ0v) is 12.8. The van der Waals surface area contributed by atoms with Gasteiger partial charge in [0.1, 0.15) is 5.82 Å². The zero-order chi connectivity index (χ0) is 16.1. The van der Waals surface area contributed by atoms with Crippen molar-refractivity contribution in [3.05, 3.63) is 59.9 Å². The number of likely N-dealkylation sites (tertiary alicyclic amines) is 1. The minimum absolute atomic E-state index is 0.294. The van der Waals surface area contributed by atoms with E-state index >= 15 is 0 Å². The van der Waals surface area contributed by atoms with Gasteiger partial charge in [0.25, 0.3) is 0 Å². The fraction of sp³-hybridized carbons (Fsp3) is 0.353. The topological polar surface area (TPSA) is 61.6 Å². The molecule has 2 aromatic rings. The van der Waals surface area contributed by atoms with Crippen LogP contribution >= 0.6 is 0 Å². The molecule has 0 radical (unpaired) electrons. The zero-order valence-electron chi connectivity index (χ0n) is 12.8. The lowest BCUT2D eigenvalue weighted by atomic mass is 10.1. The van der Waals surface area contributed by atoms with Crippen molar-refractivity contribution >= 4 is 5.71 Å². The van der Waals surface area contributed by atoms with E-state index in [2.05, 4.69) is 20.0 Å². The number of hydrogen-bond donors (Lipinski definition) is 1. The monoisotopic (exact) mass is 314 g/mol. The summed E-state index contributed by atoms with van der Waals surface area (Å²) in [5, 5.41) is 12.6. The average molecular weight is 314 g/mol. The van der Waals surface area contributed by atoms with E-state index < -0.39 is 0 Å². The fourth-order valence-electron chi connectivity index (χ4n) is 2.96. The van der Waals surface area contributed by atoms with Crippen LogP contribution < -0.4 is 0 Å². The molecule has 120 valence electrons. The molecule has 1 fully saturated rings. The SMILES string of the molecule is O/N=C(/CCN1CCC(c2cnccn2)C1)c1ccc(F)cc1. The summed E-state index contributed by atoms with van der Waals surface area (Å²) in [7, 11) is 0. The Bertz CT molecular complexity index is 660. The summed E-state index contributed by atoms with van der Waals surface area (Å²) < 4.78 is 13.0. The number of rotatable bonds is 5. The summed E-state index contributed by atoms with van der Waals surface area (Å²) in [6.45, 7) is 2.72. The van der Waals surface area contributed by atoms with Crippen LogP contribution in [-0.4, -0.2) is 45.4 Å². The van der Waals surface area contributed by atoms with E-state index in [1.807, 2.05) is 6.20 Å². The lowest BCUT2D eigenvalue weighted by Gasteiger charge is -2.16. The van der Waals surface area contributed by atoms with Gasteiger partial charge in [-0.2, -0.15) is 0 Å². The molecule has 6 heteroatoms. The fourth-order valence-corrected chi connectivity index (χ4v) is 2.96. The average Bonchev–Trinajstić information content (AvgIpc) is 3.07. The third-order valence-electron chi connectivity index (χ3n) is 4.24. The molecular weight excluding hydrogens is 295 g/mol. The maximum absolute atomic E-state index is 13.0. The summed E-state index contributed by atoms with van der Waals surface area (Å²) in [6, 6.07) is 6.02. The molecule has 1 aliphatic heterocycles. The molecule has 1 unspecified atom stereocenters. The van der Waals surface area contributed by atoms with Gasteiger partial charge in [0.2, 0.25) is 0 Å². The summed E-state index contributed by atoms with van der Waals surface area (Å²) >= 11 is 0. The molecule has 0 aliphatic carbocycles. The van der Waals surface area contributed by atoms with E-state index in [4.69, 9.17) is 0 Å². The van der Waals surface area contributed by atoms with Crippen molar-refractivity contribution in [2.45, 2.75) is 18.8 Å². The van der Waals surface area contributed by atoms with Gasteiger partial charge in [-0.05, 0) is 30.7 Å². The molecule has 3 rings (SSSR count). The molecular formula is C17H19FN4O. The smallest absolute Gasteiger partial charge is 0.123 e. The van der Waals surface area contributed by atoms with Crippen LogP contribution in [0.2, 0.25) is 0 Å². The first kappa shape index (κ1) is 15.6. The predicted octanol–water partition coefficient (Wildman–Crippen LogP) is 2.67. The first-order valence-electron chi connectivity index (χ1n) is 7.71. The number of oxime groups is 1. The van der Waals surface area contributed by atoms with Crippen molar-refractivity contribution in [3.63, 3.8) is 0 Å². The van der Waals surface area contributed by atoms with Gasteiger partial charge in [0.05, 0.1) is 11.4 Å². The number of nitrogens with zero attached hydrogens (tertiary/aromatic N) is 4. The number of benzene rings is 1. The molecule has 5 nitrogen and oxygen atoms in total. The first-order valence-corrected chi connectivity index (χ1v) is 7.71. The van der Waals surface area contributed by atoms with Crippen molar-refractivity contribution in [1.82, 2.24) is 14.9 Å². The van der Waals surface area contributed by atoms with E-state index in [9.17, 15) is 9.60 Å². The van der Waals surface area contributed by atoms with E-state index in [-0.39, 0.29) is 5.82 Å². The second-order valence-corrected chi connectivity index (χ2v) is 5.72. The second-order valence-electron chi connectivity index (χ2n) is 5.72. The lowest BCUT2D eigenvalue weighted by molar-refractivity contribution is 0.312. The van der Waals surface area contributed by atoms with Gasteiger partial charge in [-0.25, -0.2) is 4.39 Å². The van der Waals surface area contributed by atoms with E-state index in [0.717, 1.165) is 37.3 Å². The van der Waals surface area contributed by atoms with Crippen LogP contribution in [0.4, 0.5) is 4.39 Å². The highest BCUT2D eigenvalue weighted by molar-refractivity contribution is 6.00. The van der Waals surface area contributed by atoms with Gasteiger partial charge in [0, 0.05) is 44.0 Å². The maximum Gasteiger partial charge on any atom is 0.123 e. The highest BCUT2D eigenvalue weighted by atomic mass is 19.1. The van der Waals surface area contributed by atoms with Gasteiger partial charge in [-0.15, -0.1) is 0 Å². The van der Waals surface area contributed by atoms with Gasteiger partial charge in [0.15, 0.2) is 0 Å². The Morgan fingerprint density at radius 2 is 2.13 bits per heavy atom. The number of halogens is 1. The Morgan fingerprint density at radius 3 is 2.83 bits per heavy atom. The normalized spacial score (nSPS) is 19.2. The minimum atomic E-state index is -0.294. The van der Waals surface area contributed by atoms with Gasteiger partial charge >= 0.3 is 0 Å². The van der Waals surface area contributed by atoms with Crippen LogP contribution in [0.3, 0.4) is 0 Å². The molecule has 1 atom stereocenters. The second kappa shape index (κ2) is 7.28. The molecule has 1 aromatic heterocycles. The molecule has 0 bridgehead atoms. The first-order chi connectivity index (χ1) is 11.3. The van der Waals surface area contributed by atoms with E-state index in [1.165, 1.54) is 12.1 Å². The van der Waals surface area contributed by atoms with Crippen molar-refractivity contribution in [3.8, 4) is 0 Å². The summed E-state index contributed by atoms with van der Waals surface area (Å²) in [6.07, 6.45) is 6.91. The largest absolute Gasteiger partial charge is 0.411 e. The summed E-state index contributed by atoms with van der Waals surface area (Å²) in [4.78, 5) is 10.8. The Labute approximate surface area is 134 Å². The van der Waals surface area contributed by atoms with E-state index in [1.54, 1.807) is 24.5 Å². The third-order valence-corrected chi connectivity index (χ3v) is 4.24. The van der Waals surface area contributed by atoms with Crippen LogP contribution in [0, 0.1) is 5.82 Å². The Balaban J connectivity index is 1.55. The highest BCUT2D eigenvalue weighted by Gasteiger charge is 2.25.